The van der Waals surface area contributed by atoms with Crippen molar-refractivity contribution in [2.45, 2.75) is 19.8 Å². The molecule has 9 heteroatoms. The molecule has 1 saturated heterocycles. The molecule has 0 spiro atoms. The second-order valence-corrected chi connectivity index (χ2v) is 7.35. The molecule has 162 valence electrons. The van der Waals surface area contributed by atoms with E-state index in [1.165, 1.54) is 0 Å². The lowest BCUT2D eigenvalue weighted by atomic mass is 10.2. The van der Waals surface area contributed by atoms with Gasteiger partial charge in [-0.15, -0.1) is 0 Å². The van der Waals surface area contributed by atoms with Crippen molar-refractivity contribution in [1.29, 1.82) is 0 Å². The smallest absolute Gasteiger partial charge is 0.292 e. The van der Waals surface area contributed by atoms with E-state index in [0.29, 0.717) is 56.4 Å². The van der Waals surface area contributed by atoms with Gasteiger partial charge in [0.05, 0.1) is 19.0 Å². The molecule has 0 radical (unpaired) electrons. The number of rotatable bonds is 6. The van der Waals surface area contributed by atoms with E-state index in [9.17, 15) is 9.59 Å². The first kappa shape index (κ1) is 20.6. The normalized spacial score (nSPS) is 14.0. The molecule has 2 aromatic heterocycles. The molecule has 4 rings (SSSR count). The van der Waals surface area contributed by atoms with Crippen molar-refractivity contribution in [2.75, 3.05) is 33.3 Å². The zero-order chi connectivity index (χ0) is 21.8. The second-order valence-electron chi connectivity index (χ2n) is 7.35. The number of carbonyl (C=O) groups excluding carboxylic acids is 2. The highest BCUT2D eigenvalue weighted by Gasteiger charge is 2.26. The van der Waals surface area contributed by atoms with Crippen LogP contribution in [0.1, 0.15) is 28.6 Å². The molecule has 31 heavy (non-hydrogen) atoms. The summed E-state index contributed by atoms with van der Waals surface area (Å²) >= 11 is 0. The standard InChI is InChI=1S/C22H24N4O5/c1-15-13-18(31-24-15)22(28)26-11-9-25(10-12-26)21(27)8-7-20-23-14-19(30-20)16-3-5-17(29-2)6-4-16/h3-6,13-14H,7-12H2,1-2H3. The number of nitrogens with zero attached hydrogens (tertiary/aromatic N) is 4. The van der Waals surface area contributed by atoms with Gasteiger partial charge in [-0.05, 0) is 31.2 Å². The van der Waals surface area contributed by atoms with E-state index >= 15 is 0 Å². The van der Waals surface area contributed by atoms with Gasteiger partial charge >= 0.3 is 0 Å². The zero-order valence-corrected chi connectivity index (χ0v) is 17.5. The molecule has 0 saturated carbocycles. The molecule has 1 fully saturated rings. The number of aryl methyl sites for hydroxylation is 2. The van der Waals surface area contributed by atoms with Gasteiger partial charge in [-0.25, -0.2) is 4.98 Å². The Morgan fingerprint density at radius 1 is 1.10 bits per heavy atom. The maximum atomic E-state index is 12.6. The molecule has 9 nitrogen and oxygen atoms in total. The van der Waals surface area contributed by atoms with Crippen LogP contribution in [0.3, 0.4) is 0 Å². The van der Waals surface area contributed by atoms with Crippen molar-refractivity contribution in [2.24, 2.45) is 0 Å². The fourth-order valence-corrected chi connectivity index (χ4v) is 3.47. The van der Waals surface area contributed by atoms with Gasteiger partial charge in [0, 0.05) is 50.7 Å². The molecular formula is C22H24N4O5. The molecule has 0 unspecified atom stereocenters. The first-order valence-electron chi connectivity index (χ1n) is 10.1. The highest BCUT2D eigenvalue weighted by molar-refractivity contribution is 5.91. The molecule has 1 aliphatic heterocycles. The van der Waals surface area contributed by atoms with E-state index in [1.807, 2.05) is 24.3 Å². The van der Waals surface area contributed by atoms with Crippen LogP contribution in [0.25, 0.3) is 11.3 Å². The van der Waals surface area contributed by atoms with Gasteiger partial charge in [0.2, 0.25) is 11.7 Å². The Kier molecular flexibility index (Phi) is 6.01. The third-order valence-corrected chi connectivity index (χ3v) is 5.24. The van der Waals surface area contributed by atoms with Gasteiger partial charge in [-0.3, -0.25) is 9.59 Å². The van der Waals surface area contributed by atoms with Crippen LogP contribution >= 0.6 is 0 Å². The molecule has 0 N–H and O–H groups in total. The quantitative estimate of drug-likeness (QED) is 0.599. The number of piperazine rings is 1. The molecule has 1 aromatic carbocycles. The van der Waals surface area contributed by atoms with Crippen LogP contribution in [0, 0.1) is 6.92 Å². The molecule has 0 bridgehead atoms. The molecule has 3 heterocycles. The number of benzene rings is 1. The summed E-state index contributed by atoms with van der Waals surface area (Å²) in [5.41, 5.74) is 1.56. The van der Waals surface area contributed by atoms with Crippen LogP contribution in [0.4, 0.5) is 0 Å². The Morgan fingerprint density at radius 3 is 2.45 bits per heavy atom. The van der Waals surface area contributed by atoms with E-state index in [2.05, 4.69) is 10.1 Å². The average Bonchev–Trinajstić information content (AvgIpc) is 3.46. The maximum Gasteiger partial charge on any atom is 0.292 e. The number of hydrogen-bond donors (Lipinski definition) is 0. The third kappa shape index (κ3) is 4.76. The first-order valence-corrected chi connectivity index (χ1v) is 10.1. The van der Waals surface area contributed by atoms with Crippen LogP contribution < -0.4 is 4.74 Å². The number of ether oxygens (including phenoxy) is 1. The van der Waals surface area contributed by atoms with Gasteiger partial charge in [-0.2, -0.15) is 0 Å². The van der Waals surface area contributed by atoms with Crippen LogP contribution in [-0.4, -0.2) is 65.0 Å². The summed E-state index contributed by atoms with van der Waals surface area (Å²) in [6.45, 7) is 3.67. The molecule has 0 atom stereocenters. The van der Waals surface area contributed by atoms with Crippen molar-refractivity contribution in [1.82, 2.24) is 19.9 Å². The highest BCUT2D eigenvalue weighted by Crippen LogP contribution is 2.23. The average molecular weight is 424 g/mol. The monoisotopic (exact) mass is 424 g/mol. The Bertz CT molecular complexity index is 1050. The SMILES string of the molecule is COc1ccc(-c2cnc(CCC(=O)N3CCN(C(=O)c4cc(C)no4)CC3)o2)cc1. The fourth-order valence-electron chi connectivity index (χ4n) is 3.47. The number of hydrogen-bond acceptors (Lipinski definition) is 7. The Balaban J connectivity index is 1.26. The lowest BCUT2D eigenvalue weighted by Crippen LogP contribution is -2.50. The Hall–Kier alpha value is -3.62. The van der Waals surface area contributed by atoms with Gasteiger partial charge in [-0.1, -0.05) is 5.16 Å². The predicted octanol–water partition coefficient (Wildman–Crippen LogP) is 2.56. The predicted molar refractivity (Wildman–Crippen MR) is 111 cm³/mol. The summed E-state index contributed by atoms with van der Waals surface area (Å²) in [7, 11) is 1.62. The minimum Gasteiger partial charge on any atom is -0.497 e. The minimum absolute atomic E-state index is 0.0202. The van der Waals surface area contributed by atoms with Gasteiger partial charge < -0.3 is 23.5 Å². The molecule has 2 amide bonds. The molecule has 1 aliphatic rings. The number of methoxy groups -OCH3 is 1. The maximum absolute atomic E-state index is 12.6. The Morgan fingerprint density at radius 2 is 1.81 bits per heavy atom. The number of oxazole rings is 1. The van der Waals surface area contributed by atoms with Crippen LogP contribution in [0.15, 0.2) is 45.5 Å². The Labute approximate surface area is 179 Å². The largest absolute Gasteiger partial charge is 0.497 e. The summed E-state index contributed by atoms with van der Waals surface area (Å²) in [5.74, 6) is 2.00. The van der Waals surface area contributed by atoms with Crippen molar-refractivity contribution in [3.8, 4) is 17.1 Å². The summed E-state index contributed by atoms with van der Waals surface area (Å²) < 4.78 is 16.0. The van der Waals surface area contributed by atoms with E-state index < -0.39 is 0 Å². The summed E-state index contributed by atoms with van der Waals surface area (Å²) in [6, 6.07) is 9.13. The summed E-state index contributed by atoms with van der Waals surface area (Å²) in [6.07, 6.45) is 2.39. The first-order chi connectivity index (χ1) is 15.0. The zero-order valence-electron chi connectivity index (χ0n) is 17.5. The summed E-state index contributed by atoms with van der Waals surface area (Å²) in [5, 5.41) is 3.75. The molecular weight excluding hydrogens is 400 g/mol. The van der Waals surface area contributed by atoms with Crippen LogP contribution in [0.2, 0.25) is 0 Å². The highest BCUT2D eigenvalue weighted by atomic mass is 16.5. The van der Waals surface area contributed by atoms with Crippen molar-refractivity contribution >= 4 is 11.8 Å². The number of amides is 2. The summed E-state index contributed by atoms with van der Waals surface area (Å²) in [4.78, 5) is 32.7. The molecule has 3 aromatic rings. The number of carbonyl (C=O) groups is 2. The second kappa shape index (κ2) is 9.03. The van der Waals surface area contributed by atoms with Crippen LogP contribution in [-0.2, 0) is 11.2 Å². The van der Waals surface area contributed by atoms with E-state index in [1.54, 1.807) is 36.1 Å². The lowest BCUT2D eigenvalue weighted by Gasteiger charge is -2.34. The molecule has 0 aliphatic carbocycles. The van der Waals surface area contributed by atoms with E-state index in [0.717, 1.165) is 11.3 Å². The van der Waals surface area contributed by atoms with Crippen molar-refractivity contribution in [3.05, 3.63) is 53.9 Å². The van der Waals surface area contributed by atoms with Crippen LogP contribution in [0.5, 0.6) is 5.75 Å². The topological polar surface area (TPSA) is 102 Å². The van der Waals surface area contributed by atoms with Gasteiger partial charge in [0.15, 0.2) is 11.7 Å². The van der Waals surface area contributed by atoms with Crippen molar-refractivity contribution in [3.63, 3.8) is 0 Å². The minimum atomic E-state index is -0.196. The lowest BCUT2D eigenvalue weighted by molar-refractivity contribution is -0.132. The number of aromatic nitrogens is 2. The van der Waals surface area contributed by atoms with E-state index in [4.69, 9.17) is 13.7 Å². The third-order valence-electron chi connectivity index (χ3n) is 5.24. The van der Waals surface area contributed by atoms with Gasteiger partial charge in [0.1, 0.15) is 5.75 Å². The van der Waals surface area contributed by atoms with Gasteiger partial charge in [0.25, 0.3) is 5.91 Å². The van der Waals surface area contributed by atoms with Crippen molar-refractivity contribution < 1.29 is 23.3 Å². The fraction of sp³-hybridized carbons (Fsp3) is 0.364. The van der Waals surface area contributed by atoms with E-state index in [-0.39, 0.29) is 17.6 Å².